The van der Waals surface area contributed by atoms with Gasteiger partial charge in [-0.25, -0.2) is 9.97 Å². The monoisotopic (exact) mass is 231 g/mol. The number of aryl methyl sites for hydroxylation is 1. The SMILES string of the molecule is CC.CNc1nc2cnc3[nH]ccc3c2n1C. The normalized spacial score (nSPS) is 10.4. The highest BCUT2D eigenvalue weighted by molar-refractivity contribution is 6.01. The van der Waals surface area contributed by atoms with Gasteiger partial charge in [-0.15, -0.1) is 0 Å². The topological polar surface area (TPSA) is 58.5 Å². The van der Waals surface area contributed by atoms with E-state index in [2.05, 4.69) is 20.3 Å². The summed E-state index contributed by atoms with van der Waals surface area (Å²) in [4.78, 5) is 11.8. The highest BCUT2D eigenvalue weighted by Gasteiger charge is 2.10. The summed E-state index contributed by atoms with van der Waals surface area (Å²) in [5, 5.41) is 4.16. The Morgan fingerprint density at radius 1 is 1.35 bits per heavy atom. The number of hydrogen-bond donors (Lipinski definition) is 2. The lowest BCUT2D eigenvalue weighted by Crippen LogP contribution is -1.97. The van der Waals surface area contributed by atoms with Gasteiger partial charge in [0.05, 0.1) is 11.7 Å². The Kier molecular flexibility index (Phi) is 2.99. The molecule has 0 amide bonds. The van der Waals surface area contributed by atoms with Gasteiger partial charge in [0, 0.05) is 25.7 Å². The summed E-state index contributed by atoms with van der Waals surface area (Å²) in [6.07, 6.45) is 3.68. The summed E-state index contributed by atoms with van der Waals surface area (Å²) in [6, 6.07) is 2.02. The number of nitrogens with one attached hydrogen (secondary N) is 2. The fourth-order valence-corrected chi connectivity index (χ4v) is 1.94. The maximum atomic E-state index is 4.44. The minimum Gasteiger partial charge on any atom is -0.359 e. The van der Waals surface area contributed by atoms with Crippen molar-refractivity contribution in [1.82, 2.24) is 19.5 Å². The Morgan fingerprint density at radius 3 is 2.82 bits per heavy atom. The second-order valence-electron chi connectivity index (χ2n) is 3.48. The number of hydrogen-bond acceptors (Lipinski definition) is 3. The molecule has 0 spiro atoms. The van der Waals surface area contributed by atoms with Gasteiger partial charge in [0.2, 0.25) is 5.95 Å². The van der Waals surface area contributed by atoms with Gasteiger partial charge in [0.1, 0.15) is 11.2 Å². The first-order valence-corrected chi connectivity index (χ1v) is 5.77. The summed E-state index contributed by atoms with van der Waals surface area (Å²) < 4.78 is 2.03. The van der Waals surface area contributed by atoms with Crippen LogP contribution in [0, 0.1) is 0 Å². The first kappa shape index (κ1) is 11.4. The van der Waals surface area contributed by atoms with Gasteiger partial charge in [0.15, 0.2) is 0 Å². The predicted octanol–water partition coefficient (Wildman–Crippen LogP) is 2.52. The highest BCUT2D eigenvalue weighted by Crippen LogP contribution is 2.24. The number of H-pyrrole nitrogens is 1. The summed E-state index contributed by atoms with van der Waals surface area (Å²) in [5.74, 6) is 0.848. The van der Waals surface area contributed by atoms with E-state index in [0.29, 0.717) is 0 Å². The third-order valence-corrected chi connectivity index (χ3v) is 2.64. The second kappa shape index (κ2) is 4.45. The molecule has 0 fully saturated rings. The number of nitrogens with zero attached hydrogens (tertiary/aromatic N) is 3. The van der Waals surface area contributed by atoms with E-state index in [-0.39, 0.29) is 0 Å². The number of pyridine rings is 1. The van der Waals surface area contributed by atoms with Crippen molar-refractivity contribution in [2.75, 3.05) is 12.4 Å². The van der Waals surface area contributed by atoms with Crippen molar-refractivity contribution in [1.29, 1.82) is 0 Å². The number of aromatic nitrogens is 4. The largest absolute Gasteiger partial charge is 0.359 e. The van der Waals surface area contributed by atoms with Gasteiger partial charge < -0.3 is 14.9 Å². The average molecular weight is 231 g/mol. The lowest BCUT2D eigenvalue weighted by molar-refractivity contribution is 0.955. The van der Waals surface area contributed by atoms with Crippen molar-refractivity contribution < 1.29 is 0 Å². The standard InChI is InChI=1S/C10H11N5.C2H6/c1-11-10-14-7-5-13-9-6(3-4-12-9)8(7)15(10)2;1-2/h3-5H,1-2H3,(H,11,14)(H,12,13);1-2H3. The van der Waals surface area contributed by atoms with Crippen LogP contribution in [0.2, 0.25) is 0 Å². The molecule has 3 aromatic heterocycles. The molecular weight excluding hydrogens is 214 g/mol. The Bertz CT molecular complexity index is 635. The Labute approximate surface area is 99.9 Å². The van der Waals surface area contributed by atoms with Crippen LogP contribution >= 0.6 is 0 Å². The fourth-order valence-electron chi connectivity index (χ4n) is 1.94. The number of imidazole rings is 1. The van der Waals surface area contributed by atoms with Gasteiger partial charge in [0.25, 0.3) is 0 Å². The lowest BCUT2D eigenvalue weighted by atomic mass is 10.3. The van der Waals surface area contributed by atoms with Crippen LogP contribution in [-0.4, -0.2) is 26.6 Å². The molecular formula is C12H17N5. The maximum Gasteiger partial charge on any atom is 0.203 e. The van der Waals surface area contributed by atoms with Gasteiger partial charge in [-0.05, 0) is 6.07 Å². The van der Waals surface area contributed by atoms with Crippen LogP contribution in [0.4, 0.5) is 5.95 Å². The van der Waals surface area contributed by atoms with E-state index < -0.39 is 0 Å². The molecule has 3 rings (SSSR count). The average Bonchev–Trinajstić information content (AvgIpc) is 2.95. The molecule has 0 atom stereocenters. The van der Waals surface area contributed by atoms with E-state index in [0.717, 1.165) is 28.0 Å². The Morgan fingerprint density at radius 2 is 2.12 bits per heavy atom. The van der Waals surface area contributed by atoms with E-state index in [1.807, 2.05) is 44.8 Å². The first-order chi connectivity index (χ1) is 8.31. The van der Waals surface area contributed by atoms with Gasteiger partial charge in [-0.2, -0.15) is 0 Å². The van der Waals surface area contributed by atoms with E-state index >= 15 is 0 Å². The highest BCUT2D eigenvalue weighted by atomic mass is 15.2. The van der Waals surface area contributed by atoms with Gasteiger partial charge in [-0.1, -0.05) is 13.8 Å². The van der Waals surface area contributed by atoms with Crippen LogP contribution < -0.4 is 5.32 Å². The van der Waals surface area contributed by atoms with Crippen LogP contribution in [0.25, 0.3) is 22.1 Å². The predicted molar refractivity (Wildman–Crippen MR) is 71.3 cm³/mol. The molecule has 0 aliphatic heterocycles. The summed E-state index contributed by atoms with van der Waals surface area (Å²) in [5.41, 5.74) is 2.91. The smallest absolute Gasteiger partial charge is 0.203 e. The molecule has 3 aromatic rings. The molecule has 2 N–H and O–H groups in total. The molecule has 3 heterocycles. The molecule has 0 radical (unpaired) electrons. The number of rotatable bonds is 1. The van der Waals surface area contributed by atoms with Gasteiger partial charge >= 0.3 is 0 Å². The molecule has 0 bridgehead atoms. The minimum absolute atomic E-state index is 0.848. The van der Waals surface area contributed by atoms with Crippen LogP contribution in [-0.2, 0) is 7.05 Å². The minimum atomic E-state index is 0.848. The molecule has 5 heteroatoms. The third kappa shape index (κ3) is 1.63. The molecule has 0 saturated carbocycles. The molecule has 17 heavy (non-hydrogen) atoms. The Hall–Kier alpha value is -2.04. The number of anilines is 1. The summed E-state index contributed by atoms with van der Waals surface area (Å²) in [7, 11) is 3.86. The van der Waals surface area contributed by atoms with Crippen molar-refractivity contribution in [2.24, 2.45) is 7.05 Å². The number of fused-ring (bicyclic) bond motifs is 3. The molecule has 5 nitrogen and oxygen atoms in total. The Balaban J connectivity index is 0.000000514. The molecule has 0 saturated heterocycles. The van der Waals surface area contributed by atoms with Crippen LogP contribution in [0.1, 0.15) is 13.8 Å². The molecule has 0 aliphatic carbocycles. The summed E-state index contributed by atoms with van der Waals surface area (Å²) >= 11 is 0. The van der Waals surface area contributed by atoms with Crippen LogP contribution in [0.15, 0.2) is 18.5 Å². The molecule has 90 valence electrons. The van der Waals surface area contributed by atoms with E-state index in [4.69, 9.17) is 0 Å². The van der Waals surface area contributed by atoms with Crippen LogP contribution in [0.5, 0.6) is 0 Å². The van der Waals surface area contributed by atoms with Gasteiger partial charge in [-0.3, -0.25) is 0 Å². The lowest BCUT2D eigenvalue weighted by Gasteiger charge is -2.00. The zero-order valence-corrected chi connectivity index (χ0v) is 10.6. The molecule has 0 unspecified atom stereocenters. The fraction of sp³-hybridized carbons (Fsp3) is 0.333. The maximum absolute atomic E-state index is 4.44. The van der Waals surface area contributed by atoms with E-state index in [1.165, 1.54) is 0 Å². The zero-order valence-electron chi connectivity index (χ0n) is 10.6. The van der Waals surface area contributed by atoms with E-state index in [9.17, 15) is 0 Å². The molecule has 0 aliphatic rings. The number of aromatic amines is 1. The van der Waals surface area contributed by atoms with Crippen molar-refractivity contribution >= 4 is 28.0 Å². The third-order valence-electron chi connectivity index (χ3n) is 2.64. The van der Waals surface area contributed by atoms with Crippen LogP contribution in [0.3, 0.4) is 0 Å². The first-order valence-electron chi connectivity index (χ1n) is 5.77. The van der Waals surface area contributed by atoms with E-state index in [1.54, 1.807) is 6.20 Å². The van der Waals surface area contributed by atoms with Crippen molar-refractivity contribution in [3.05, 3.63) is 18.5 Å². The van der Waals surface area contributed by atoms with Crippen molar-refractivity contribution in [3.8, 4) is 0 Å². The quantitative estimate of drug-likeness (QED) is 0.676. The zero-order chi connectivity index (χ0) is 12.4. The molecule has 0 aromatic carbocycles. The second-order valence-corrected chi connectivity index (χ2v) is 3.48. The van der Waals surface area contributed by atoms with Crippen molar-refractivity contribution in [2.45, 2.75) is 13.8 Å². The summed E-state index contributed by atoms with van der Waals surface area (Å²) in [6.45, 7) is 4.00. The van der Waals surface area contributed by atoms with Crippen molar-refractivity contribution in [3.63, 3.8) is 0 Å².